The maximum Gasteiger partial charge on any atom is 0.328 e. The van der Waals surface area contributed by atoms with E-state index >= 15 is 0 Å². The Bertz CT molecular complexity index is 586. The molecule has 1 aliphatic heterocycles. The minimum atomic E-state index is -1.20. The normalized spacial score (nSPS) is 15.7. The molecule has 0 bridgehead atoms. The molecule has 0 N–H and O–H groups in total. The van der Waals surface area contributed by atoms with Crippen LogP contribution in [0.4, 0.5) is 20.2 Å². The smallest absolute Gasteiger partial charge is 0.328 e. The summed E-state index contributed by atoms with van der Waals surface area (Å²) in [7, 11) is 0. The standard InChI is InChI=1S/C14H16F2N2O4/c1-2-22-14(19)9-3-5-17(6-4-9)12-8-10(15)7-11(16)13(12)18(20)21/h7-9H,2-6H2,1H3. The van der Waals surface area contributed by atoms with Crippen LogP contribution >= 0.6 is 0 Å². The van der Waals surface area contributed by atoms with Crippen LogP contribution in [0, 0.1) is 27.7 Å². The van der Waals surface area contributed by atoms with Crippen molar-refractivity contribution in [3.05, 3.63) is 33.9 Å². The SMILES string of the molecule is CCOC(=O)C1CCN(c2cc(F)cc(F)c2[N+](=O)[O-])CC1. The number of anilines is 1. The zero-order chi connectivity index (χ0) is 16.3. The quantitative estimate of drug-likeness (QED) is 0.485. The number of rotatable bonds is 4. The molecular formula is C14H16F2N2O4. The van der Waals surface area contributed by atoms with E-state index in [2.05, 4.69) is 0 Å². The molecule has 1 aliphatic rings. The van der Waals surface area contributed by atoms with Crippen LogP contribution in [0.2, 0.25) is 0 Å². The van der Waals surface area contributed by atoms with Gasteiger partial charge >= 0.3 is 11.7 Å². The number of esters is 1. The molecule has 1 aromatic carbocycles. The first kappa shape index (κ1) is 16.1. The Labute approximate surface area is 125 Å². The summed E-state index contributed by atoms with van der Waals surface area (Å²) in [6.07, 6.45) is 0.849. The molecule has 1 saturated heterocycles. The molecule has 2 rings (SSSR count). The van der Waals surface area contributed by atoms with Gasteiger partial charge in [-0.25, -0.2) is 4.39 Å². The van der Waals surface area contributed by atoms with Gasteiger partial charge in [0.1, 0.15) is 11.5 Å². The summed E-state index contributed by atoms with van der Waals surface area (Å²) in [5.74, 6) is -2.66. The number of carbonyl (C=O) groups is 1. The topological polar surface area (TPSA) is 72.7 Å². The van der Waals surface area contributed by atoms with E-state index in [4.69, 9.17) is 4.74 Å². The summed E-state index contributed by atoms with van der Waals surface area (Å²) in [5.41, 5.74) is -0.833. The Morgan fingerprint density at radius 3 is 2.59 bits per heavy atom. The van der Waals surface area contributed by atoms with Gasteiger partial charge in [0.25, 0.3) is 0 Å². The second-order valence-corrected chi connectivity index (χ2v) is 5.03. The molecular weight excluding hydrogens is 298 g/mol. The van der Waals surface area contributed by atoms with Crippen molar-refractivity contribution in [3.8, 4) is 0 Å². The first-order valence-corrected chi connectivity index (χ1v) is 6.99. The fourth-order valence-corrected chi connectivity index (χ4v) is 2.59. The van der Waals surface area contributed by atoms with E-state index in [0.717, 1.165) is 6.07 Å². The van der Waals surface area contributed by atoms with E-state index in [1.54, 1.807) is 6.92 Å². The lowest BCUT2D eigenvalue weighted by Gasteiger charge is -2.32. The summed E-state index contributed by atoms with van der Waals surface area (Å²) >= 11 is 0. The van der Waals surface area contributed by atoms with Gasteiger partial charge < -0.3 is 9.64 Å². The lowest BCUT2D eigenvalue weighted by molar-refractivity contribution is -0.386. The van der Waals surface area contributed by atoms with Crippen molar-refractivity contribution >= 4 is 17.3 Å². The van der Waals surface area contributed by atoms with Crippen molar-refractivity contribution < 1.29 is 23.2 Å². The lowest BCUT2D eigenvalue weighted by atomic mass is 9.96. The fraction of sp³-hybridized carbons (Fsp3) is 0.500. The molecule has 120 valence electrons. The molecule has 8 heteroatoms. The maximum atomic E-state index is 13.6. The number of piperidine rings is 1. The number of halogens is 2. The average molecular weight is 314 g/mol. The van der Waals surface area contributed by atoms with Gasteiger partial charge in [-0.15, -0.1) is 0 Å². The molecule has 0 amide bonds. The van der Waals surface area contributed by atoms with Crippen LogP contribution < -0.4 is 4.90 Å². The van der Waals surface area contributed by atoms with Gasteiger partial charge in [0, 0.05) is 25.2 Å². The number of nitro benzene ring substituents is 1. The predicted octanol–water partition coefficient (Wildman–Crippen LogP) is 2.65. The number of ether oxygens (including phenoxy) is 1. The van der Waals surface area contributed by atoms with E-state index in [9.17, 15) is 23.7 Å². The first-order chi connectivity index (χ1) is 10.4. The molecule has 0 spiro atoms. The molecule has 0 saturated carbocycles. The van der Waals surface area contributed by atoms with E-state index in [0.29, 0.717) is 38.6 Å². The largest absolute Gasteiger partial charge is 0.466 e. The van der Waals surface area contributed by atoms with E-state index < -0.39 is 22.2 Å². The third-order valence-corrected chi connectivity index (χ3v) is 3.65. The molecule has 1 aromatic rings. The van der Waals surface area contributed by atoms with Crippen LogP contribution in [0.1, 0.15) is 19.8 Å². The summed E-state index contributed by atoms with van der Waals surface area (Å²) in [5, 5.41) is 11.0. The minimum absolute atomic E-state index is 0.0928. The molecule has 0 aromatic heterocycles. The zero-order valence-corrected chi connectivity index (χ0v) is 12.1. The van der Waals surface area contributed by atoms with Crippen LogP contribution in [0.25, 0.3) is 0 Å². The highest BCUT2D eigenvalue weighted by atomic mass is 19.1. The molecule has 0 aliphatic carbocycles. The number of nitro groups is 1. The number of nitrogens with zero attached hydrogens (tertiary/aromatic N) is 2. The van der Waals surface area contributed by atoms with Gasteiger partial charge in [-0.2, -0.15) is 4.39 Å². The van der Waals surface area contributed by atoms with E-state index in [1.807, 2.05) is 0 Å². The highest BCUT2D eigenvalue weighted by Gasteiger charge is 2.31. The number of benzene rings is 1. The number of hydrogen-bond donors (Lipinski definition) is 0. The Balaban J connectivity index is 2.18. The zero-order valence-electron chi connectivity index (χ0n) is 12.1. The van der Waals surface area contributed by atoms with E-state index in [1.165, 1.54) is 4.90 Å². The van der Waals surface area contributed by atoms with E-state index in [-0.39, 0.29) is 17.6 Å². The first-order valence-electron chi connectivity index (χ1n) is 6.99. The number of hydrogen-bond acceptors (Lipinski definition) is 5. The molecule has 1 fully saturated rings. The summed E-state index contributed by atoms with van der Waals surface area (Å²) in [6, 6.07) is 1.44. The average Bonchev–Trinajstić information content (AvgIpc) is 2.46. The minimum Gasteiger partial charge on any atom is -0.466 e. The van der Waals surface area contributed by atoms with Gasteiger partial charge in [-0.1, -0.05) is 0 Å². The summed E-state index contributed by atoms with van der Waals surface area (Å²) in [6.45, 7) is 2.60. The van der Waals surface area contributed by atoms with Gasteiger partial charge in [-0.05, 0) is 19.8 Å². The summed E-state index contributed by atoms with van der Waals surface area (Å²) in [4.78, 5) is 23.3. The lowest BCUT2D eigenvalue weighted by Crippen LogP contribution is -2.37. The van der Waals surface area contributed by atoms with Crippen molar-refractivity contribution in [2.75, 3.05) is 24.6 Å². The van der Waals surface area contributed by atoms with Gasteiger partial charge in [0.15, 0.2) is 0 Å². The highest BCUT2D eigenvalue weighted by molar-refractivity contribution is 5.73. The van der Waals surface area contributed by atoms with Crippen molar-refractivity contribution in [1.82, 2.24) is 0 Å². The molecule has 22 heavy (non-hydrogen) atoms. The van der Waals surface area contributed by atoms with Crippen LogP contribution in [0.15, 0.2) is 12.1 Å². The van der Waals surface area contributed by atoms with Crippen LogP contribution in [0.3, 0.4) is 0 Å². The van der Waals surface area contributed by atoms with Crippen molar-refractivity contribution in [2.45, 2.75) is 19.8 Å². The maximum absolute atomic E-state index is 13.6. The third-order valence-electron chi connectivity index (χ3n) is 3.65. The van der Waals surface area contributed by atoms with Crippen LogP contribution in [-0.4, -0.2) is 30.6 Å². The van der Waals surface area contributed by atoms with Crippen LogP contribution in [-0.2, 0) is 9.53 Å². The molecule has 1 heterocycles. The number of carbonyl (C=O) groups excluding carboxylic acids is 1. The monoisotopic (exact) mass is 314 g/mol. The molecule has 0 atom stereocenters. The highest BCUT2D eigenvalue weighted by Crippen LogP contribution is 2.34. The van der Waals surface area contributed by atoms with Gasteiger partial charge in [0.05, 0.1) is 17.4 Å². The van der Waals surface area contributed by atoms with Gasteiger partial charge in [-0.3, -0.25) is 14.9 Å². The van der Waals surface area contributed by atoms with Crippen molar-refractivity contribution in [2.24, 2.45) is 5.92 Å². The molecule has 0 radical (unpaired) electrons. The Kier molecular flexibility index (Phi) is 4.89. The second kappa shape index (κ2) is 6.67. The van der Waals surface area contributed by atoms with Crippen molar-refractivity contribution in [3.63, 3.8) is 0 Å². The van der Waals surface area contributed by atoms with Crippen LogP contribution in [0.5, 0.6) is 0 Å². The predicted molar refractivity (Wildman–Crippen MR) is 74.6 cm³/mol. The summed E-state index contributed by atoms with van der Waals surface area (Å²) < 4.78 is 31.9. The Morgan fingerprint density at radius 2 is 2.05 bits per heavy atom. The molecule has 6 nitrogen and oxygen atoms in total. The fourth-order valence-electron chi connectivity index (χ4n) is 2.59. The van der Waals surface area contributed by atoms with Crippen molar-refractivity contribution in [1.29, 1.82) is 0 Å². The molecule has 0 unspecified atom stereocenters. The Morgan fingerprint density at radius 1 is 1.41 bits per heavy atom. The Hall–Kier alpha value is -2.25. The second-order valence-electron chi connectivity index (χ2n) is 5.03. The van der Waals surface area contributed by atoms with Gasteiger partial charge in [0.2, 0.25) is 5.82 Å². The third kappa shape index (κ3) is 3.32.